The lowest BCUT2D eigenvalue weighted by Crippen LogP contribution is -2.22. The minimum atomic E-state index is -0.551. The van der Waals surface area contributed by atoms with E-state index in [1.807, 2.05) is 0 Å². The standard InChI is InChI=1S/C11H6BrCl2N3O3/c12-9-10(14)15-5-16(11(9)18)4-6-1-2-7(13)3-8(6)17(19)20/h1-3,5H,4H2. The molecule has 1 aromatic carbocycles. The van der Waals surface area contributed by atoms with Crippen molar-refractivity contribution in [2.75, 3.05) is 0 Å². The summed E-state index contributed by atoms with van der Waals surface area (Å²) >= 11 is 14.4. The summed E-state index contributed by atoms with van der Waals surface area (Å²) in [6.45, 7) is -0.00488. The van der Waals surface area contributed by atoms with Gasteiger partial charge in [-0.3, -0.25) is 19.5 Å². The molecule has 2 aromatic rings. The molecule has 0 atom stereocenters. The van der Waals surface area contributed by atoms with Gasteiger partial charge in [0.25, 0.3) is 11.2 Å². The Kier molecular flexibility index (Phi) is 4.42. The molecule has 0 fully saturated rings. The van der Waals surface area contributed by atoms with E-state index in [4.69, 9.17) is 23.2 Å². The second kappa shape index (κ2) is 5.90. The van der Waals surface area contributed by atoms with Crippen molar-refractivity contribution >= 4 is 44.8 Å². The molecule has 1 heterocycles. The summed E-state index contributed by atoms with van der Waals surface area (Å²) in [6.07, 6.45) is 1.23. The fourth-order valence-corrected chi connectivity index (χ4v) is 2.20. The van der Waals surface area contributed by atoms with Gasteiger partial charge < -0.3 is 0 Å². The molecule has 0 aliphatic rings. The smallest absolute Gasteiger partial charge is 0.275 e. The van der Waals surface area contributed by atoms with Gasteiger partial charge in [-0.25, -0.2) is 4.98 Å². The van der Waals surface area contributed by atoms with Gasteiger partial charge in [0.05, 0.1) is 17.8 Å². The van der Waals surface area contributed by atoms with Crippen LogP contribution in [0.15, 0.2) is 33.8 Å². The molecule has 2 rings (SSSR count). The molecule has 1 aromatic heterocycles. The van der Waals surface area contributed by atoms with E-state index in [-0.39, 0.29) is 26.9 Å². The largest absolute Gasteiger partial charge is 0.293 e. The highest BCUT2D eigenvalue weighted by Crippen LogP contribution is 2.24. The van der Waals surface area contributed by atoms with Gasteiger partial charge >= 0.3 is 0 Å². The summed E-state index contributed by atoms with van der Waals surface area (Å²) in [4.78, 5) is 26.2. The molecule has 0 spiro atoms. The molecular formula is C11H6BrCl2N3O3. The van der Waals surface area contributed by atoms with Crippen LogP contribution in [0, 0.1) is 10.1 Å². The van der Waals surface area contributed by atoms with Crippen molar-refractivity contribution in [3.8, 4) is 0 Å². The fourth-order valence-electron chi connectivity index (χ4n) is 1.58. The molecule has 0 bridgehead atoms. The van der Waals surface area contributed by atoms with Crippen LogP contribution in [0.1, 0.15) is 5.56 Å². The number of benzene rings is 1. The van der Waals surface area contributed by atoms with Crippen molar-refractivity contribution in [3.05, 3.63) is 65.2 Å². The Hall–Kier alpha value is -1.44. The summed E-state index contributed by atoms with van der Waals surface area (Å²) in [5, 5.41) is 11.3. The second-order valence-corrected chi connectivity index (χ2v) is 5.40. The number of nitro benzene ring substituents is 1. The van der Waals surface area contributed by atoms with E-state index >= 15 is 0 Å². The molecule has 0 radical (unpaired) electrons. The number of nitrogens with zero attached hydrogens (tertiary/aromatic N) is 3. The predicted molar refractivity (Wildman–Crippen MR) is 78.4 cm³/mol. The first-order valence-electron chi connectivity index (χ1n) is 5.23. The Morgan fingerprint density at radius 3 is 2.75 bits per heavy atom. The topological polar surface area (TPSA) is 78.0 Å². The summed E-state index contributed by atoms with van der Waals surface area (Å²) in [5.41, 5.74) is -0.234. The molecule has 104 valence electrons. The zero-order chi connectivity index (χ0) is 14.9. The summed E-state index contributed by atoms with van der Waals surface area (Å²) in [7, 11) is 0. The van der Waals surface area contributed by atoms with Gasteiger partial charge in [-0.1, -0.05) is 23.2 Å². The molecular weight excluding hydrogens is 373 g/mol. The summed E-state index contributed by atoms with van der Waals surface area (Å²) in [6, 6.07) is 4.25. The molecule has 0 aliphatic carbocycles. The molecule has 6 nitrogen and oxygen atoms in total. The van der Waals surface area contributed by atoms with Gasteiger partial charge in [0.2, 0.25) is 0 Å². The maximum Gasteiger partial charge on any atom is 0.275 e. The van der Waals surface area contributed by atoms with Crippen molar-refractivity contribution in [2.24, 2.45) is 0 Å². The molecule has 9 heteroatoms. The monoisotopic (exact) mass is 377 g/mol. The Morgan fingerprint density at radius 1 is 1.40 bits per heavy atom. The first-order chi connectivity index (χ1) is 9.40. The zero-order valence-corrected chi connectivity index (χ0v) is 12.8. The molecule has 0 saturated heterocycles. The molecule has 0 saturated carbocycles. The highest BCUT2D eigenvalue weighted by molar-refractivity contribution is 9.10. The molecule has 20 heavy (non-hydrogen) atoms. The lowest BCUT2D eigenvalue weighted by Gasteiger charge is -2.07. The van der Waals surface area contributed by atoms with Gasteiger partial charge in [-0.2, -0.15) is 0 Å². The fraction of sp³-hybridized carbons (Fsp3) is 0.0909. The predicted octanol–water partition coefficient (Wildman–Crippen LogP) is 3.27. The number of rotatable bonds is 3. The normalized spacial score (nSPS) is 10.6. The maximum atomic E-state index is 11.9. The zero-order valence-electron chi connectivity index (χ0n) is 9.72. The van der Waals surface area contributed by atoms with Crippen LogP contribution in [0.4, 0.5) is 5.69 Å². The van der Waals surface area contributed by atoms with Crippen LogP contribution in [-0.2, 0) is 6.54 Å². The number of halogens is 3. The third-order valence-electron chi connectivity index (χ3n) is 2.52. The van der Waals surface area contributed by atoms with E-state index in [1.54, 1.807) is 0 Å². The Morgan fingerprint density at radius 2 is 2.10 bits per heavy atom. The van der Waals surface area contributed by atoms with Crippen LogP contribution in [0.2, 0.25) is 10.2 Å². The Balaban J connectivity index is 2.48. The van der Waals surface area contributed by atoms with E-state index in [9.17, 15) is 14.9 Å². The van der Waals surface area contributed by atoms with Gasteiger partial charge in [-0.05, 0) is 28.1 Å². The molecule has 0 amide bonds. The van der Waals surface area contributed by atoms with E-state index in [1.165, 1.54) is 29.1 Å². The average molecular weight is 379 g/mol. The van der Waals surface area contributed by atoms with Gasteiger partial charge in [0.1, 0.15) is 4.47 Å². The third-order valence-corrected chi connectivity index (χ3v) is 3.99. The summed E-state index contributed by atoms with van der Waals surface area (Å²) < 4.78 is 1.32. The Labute approximate surface area is 131 Å². The van der Waals surface area contributed by atoms with Gasteiger partial charge in [-0.15, -0.1) is 0 Å². The minimum absolute atomic E-state index is 0.00488. The van der Waals surface area contributed by atoms with Crippen LogP contribution < -0.4 is 5.56 Å². The first kappa shape index (κ1) is 15.0. The van der Waals surface area contributed by atoms with Crippen LogP contribution in [0.3, 0.4) is 0 Å². The van der Waals surface area contributed by atoms with Gasteiger partial charge in [0.15, 0.2) is 5.15 Å². The SMILES string of the molecule is O=c1c(Br)c(Cl)ncn1Cc1ccc(Cl)cc1[N+](=O)[O-]. The number of aromatic nitrogens is 2. The molecule has 0 unspecified atom stereocenters. The van der Waals surface area contributed by atoms with Crippen molar-refractivity contribution < 1.29 is 4.92 Å². The van der Waals surface area contributed by atoms with Crippen molar-refractivity contribution in [2.45, 2.75) is 6.54 Å². The highest BCUT2D eigenvalue weighted by atomic mass is 79.9. The molecule has 0 N–H and O–H groups in total. The maximum absolute atomic E-state index is 11.9. The highest BCUT2D eigenvalue weighted by Gasteiger charge is 2.16. The minimum Gasteiger partial charge on any atom is -0.293 e. The lowest BCUT2D eigenvalue weighted by atomic mass is 10.2. The molecule has 0 aliphatic heterocycles. The van der Waals surface area contributed by atoms with E-state index < -0.39 is 10.5 Å². The van der Waals surface area contributed by atoms with Gasteiger partial charge in [0, 0.05) is 16.7 Å². The quantitative estimate of drug-likeness (QED) is 0.466. The second-order valence-electron chi connectivity index (χ2n) is 3.81. The van der Waals surface area contributed by atoms with E-state index in [0.29, 0.717) is 5.56 Å². The lowest BCUT2D eigenvalue weighted by molar-refractivity contribution is -0.385. The van der Waals surface area contributed by atoms with Crippen molar-refractivity contribution in [1.82, 2.24) is 9.55 Å². The van der Waals surface area contributed by atoms with Crippen LogP contribution in [0.5, 0.6) is 0 Å². The van der Waals surface area contributed by atoms with Crippen LogP contribution in [0.25, 0.3) is 0 Å². The van der Waals surface area contributed by atoms with E-state index in [2.05, 4.69) is 20.9 Å². The summed E-state index contributed by atoms with van der Waals surface area (Å²) in [5.74, 6) is 0. The number of hydrogen-bond acceptors (Lipinski definition) is 4. The first-order valence-corrected chi connectivity index (χ1v) is 6.78. The Bertz CT molecular complexity index is 748. The number of hydrogen-bond donors (Lipinski definition) is 0. The van der Waals surface area contributed by atoms with Crippen LogP contribution in [-0.4, -0.2) is 14.5 Å². The van der Waals surface area contributed by atoms with E-state index in [0.717, 1.165) is 0 Å². The van der Waals surface area contributed by atoms with Crippen molar-refractivity contribution in [3.63, 3.8) is 0 Å². The average Bonchev–Trinajstić information content (AvgIpc) is 2.41. The number of nitro groups is 1. The third kappa shape index (κ3) is 3.00. The van der Waals surface area contributed by atoms with Crippen LogP contribution >= 0.6 is 39.1 Å². The van der Waals surface area contributed by atoms with Crippen molar-refractivity contribution in [1.29, 1.82) is 0 Å².